The molecule has 140 valence electrons. The monoisotopic (exact) mass is 379 g/mol. The Morgan fingerprint density at radius 3 is 2.25 bits per heavy atom. The van der Waals surface area contributed by atoms with Gasteiger partial charge in [0.2, 0.25) is 0 Å². The van der Waals surface area contributed by atoms with Crippen LogP contribution in [0.4, 0.5) is 15.8 Å². The van der Waals surface area contributed by atoms with Gasteiger partial charge in [-0.2, -0.15) is 5.10 Å². The molecule has 8 heteroatoms. The summed E-state index contributed by atoms with van der Waals surface area (Å²) in [6, 6.07) is 17.5. The van der Waals surface area contributed by atoms with Crippen molar-refractivity contribution in [2.75, 3.05) is 5.43 Å². The number of rotatable bonds is 6. The van der Waals surface area contributed by atoms with Crippen LogP contribution in [0, 0.1) is 15.9 Å². The van der Waals surface area contributed by atoms with Crippen LogP contribution in [0.25, 0.3) is 0 Å². The number of nitro benzene ring substituents is 1. The highest BCUT2D eigenvalue weighted by Crippen LogP contribution is 2.16. The van der Waals surface area contributed by atoms with Gasteiger partial charge in [0.15, 0.2) is 0 Å². The first-order chi connectivity index (χ1) is 13.5. The Kier molecular flexibility index (Phi) is 5.71. The lowest BCUT2D eigenvalue weighted by Gasteiger charge is -2.04. The first-order valence-electron chi connectivity index (χ1n) is 8.12. The van der Waals surface area contributed by atoms with E-state index in [1.807, 2.05) is 0 Å². The van der Waals surface area contributed by atoms with Crippen LogP contribution in [0.2, 0.25) is 0 Å². The summed E-state index contributed by atoms with van der Waals surface area (Å²) in [5.74, 6) is -0.668. The molecule has 28 heavy (non-hydrogen) atoms. The van der Waals surface area contributed by atoms with E-state index in [4.69, 9.17) is 4.74 Å². The van der Waals surface area contributed by atoms with Gasteiger partial charge in [-0.25, -0.2) is 9.18 Å². The Morgan fingerprint density at radius 1 is 1.00 bits per heavy atom. The summed E-state index contributed by atoms with van der Waals surface area (Å²) >= 11 is 0. The number of halogens is 1. The zero-order chi connectivity index (χ0) is 19.9. The number of ether oxygens (including phenoxy) is 1. The second kappa shape index (κ2) is 8.54. The minimum atomic E-state index is -0.582. The van der Waals surface area contributed by atoms with Gasteiger partial charge >= 0.3 is 5.97 Å². The molecule has 0 aliphatic carbocycles. The molecule has 0 spiro atoms. The van der Waals surface area contributed by atoms with Gasteiger partial charge in [0, 0.05) is 12.1 Å². The van der Waals surface area contributed by atoms with Gasteiger partial charge in [-0.1, -0.05) is 0 Å². The summed E-state index contributed by atoms with van der Waals surface area (Å²) in [6.45, 7) is 0. The molecule has 7 nitrogen and oxygen atoms in total. The fourth-order valence-electron chi connectivity index (χ4n) is 2.21. The second-order valence-electron chi connectivity index (χ2n) is 5.64. The number of nitrogens with zero attached hydrogens (tertiary/aromatic N) is 2. The van der Waals surface area contributed by atoms with Crippen molar-refractivity contribution in [2.24, 2.45) is 5.10 Å². The lowest BCUT2D eigenvalue weighted by molar-refractivity contribution is -0.384. The first kappa shape index (κ1) is 18.7. The van der Waals surface area contributed by atoms with Crippen LogP contribution >= 0.6 is 0 Å². The van der Waals surface area contributed by atoms with Crippen LogP contribution < -0.4 is 10.2 Å². The topological polar surface area (TPSA) is 93.8 Å². The summed E-state index contributed by atoms with van der Waals surface area (Å²) in [4.78, 5) is 22.1. The van der Waals surface area contributed by atoms with E-state index in [1.165, 1.54) is 36.4 Å². The van der Waals surface area contributed by atoms with Crippen LogP contribution in [-0.2, 0) is 0 Å². The van der Waals surface area contributed by atoms with Crippen LogP contribution in [0.5, 0.6) is 5.75 Å². The largest absolute Gasteiger partial charge is 0.423 e. The fraction of sp³-hybridized carbons (Fsp3) is 0. The lowest BCUT2D eigenvalue weighted by Crippen LogP contribution is -2.08. The number of hydrogen-bond donors (Lipinski definition) is 1. The predicted octanol–water partition coefficient (Wildman–Crippen LogP) is 4.40. The smallest absolute Gasteiger partial charge is 0.343 e. The highest BCUT2D eigenvalue weighted by Gasteiger charge is 2.08. The molecule has 1 N–H and O–H groups in total. The molecule has 0 aliphatic rings. The van der Waals surface area contributed by atoms with Crippen molar-refractivity contribution in [2.45, 2.75) is 0 Å². The SMILES string of the molecule is O=C(Oc1ccc(/C=N\Nc2ccc([N+](=O)[O-])cc2)cc1)c1ccc(F)cc1. The lowest BCUT2D eigenvalue weighted by atomic mass is 10.2. The van der Waals surface area contributed by atoms with Gasteiger partial charge in [-0.05, 0) is 66.2 Å². The minimum absolute atomic E-state index is 0.000280. The third-order valence-electron chi connectivity index (χ3n) is 3.66. The molecule has 0 saturated carbocycles. The second-order valence-corrected chi connectivity index (χ2v) is 5.64. The molecular formula is C20H14FN3O4. The zero-order valence-corrected chi connectivity index (χ0v) is 14.4. The third kappa shape index (κ3) is 4.98. The molecule has 0 bridgehead atoms. The van der Waals surface area contributed by atoms with Gasteiger partial charge in [0.1, 0.15) is 11.6 Å². The van der Waals surface area contributed by atoms with E-state index in [0.29, 0.717) is 11.4 Å². The van der Waals surface area contributed by atoms with E-state index in [2.05, 4.69) is 10.5 Å². The molecular weight excluding hydrogens is 365 g/mol. The number of carbonyl (C=O) groups is 1. The van der Waals surface area contributed by atoms with E-state index in [-0.39, 0.29) is 11.3 Å². The third-order valence-corrected chi connectivity index (χ3v) is 3.66. The highest BCUT2D eigenvalue weighted by molar-refractivity contribution is 5.91. The van der Waals surface area contributed by atoms with Gasteiger partial charge in [0.05, 0.1) is 22.4 Å². The van der Waals surface area contributed by atoms with Crippen LogP contribution in [-0.4, -0.2) is 17.1 Å². The van der Waals surface area contributed by atoms with Crippen LogP contribution in [0.1, 0.15) is 15.9 Å². The maximum Gasteiger partial charge on any atom is 0.343 e. The van der Waals surface area contributed by atoms with Crippen molar-refractivity contribution < 1.29 is 18.8 Å². The molecule has 0 amide bonds. The van der Waals surface area contributed by atoms with E-state index in [1.54, 1.807) is 42.6 Å². The zero-order valence-electron chi connectivity index (χ0n) is 14.4. The van der Waals surface area contributed by atoms with Crippen LogP contribution in [0.3, 0.4) is 0 Å². The van der Waals surface area contributed by atoms with E-state index in [9.17, 15) is 19.3 Å². The van der Waals surface area contributed by atoms with Crippen molar-refractivity contribution in [3.05, 3.63) is 99.9 Å². The Balaban J connectivity index is 1.56. The fourth-order valence-corrected chi connectivity index (χ4v) is 2.21. The van der Waals surface area contributed by atoms with Gasteiger partial charge < -0.3 is 4.74 Å². The van der Waals surface area contributed by atoms with E-state index < -0.39 is 16.7 Å². The molecule has 0 aliphatic heterocycles. The van der Waals surface area contributed by atoms with Crippen molar-refractivity contribution in [1.29, 1.82) is 0 Å². The molecule has 0 unspecified atom stereocenters. The van der Waals surface area contributed by atoms with Gasteiger partial charge in [-0.15, -0.1) is 0 Å². The minimum Gasteiger partial charge on any atom is -0.423 e. The number of non-ortho nitro benzene ring substituents is 1. The number of anilines is 1. The maximum absolute atomic E-state index is 12.9. The van der Waals surface area contributed by atoms with E-state index >= 15 is 0 Å². The highest BCUT2D eigenvalue weighted by atomic mass is 19.1. The number of nitrogens with one attached hydrogen (secondary N) is 1. The molecule has 3 rings (SSSR count). The number of hydrazone groups is 1. The molecule has 0 saturated heterocycles. The standard InChI is InChI=1S/C20H14FN3O4/c21-16-5-3-15(4-6-16)20(25)28-19-11-1-14(2-12-19)13-22-23-17-7-9-18(10-8-17)24(26)27/h1-13,23H/b22-13-. The average Bonchev–Trinajstić information content (AvgIpc) is 2.70. The molecule has 0 fully saturated rings. The molecule has 3 aromatic carbocycles. The normalized spacial score (nSPS) is 10.6. The Morgan fingerprint density at radius 2 is 1.64 bits per heavy atom. The Hall–Kier alpha value is -4.07. The molecule has 0 radical (unpaired) electrons. The van der Waals surface area contributed by atoms with Crippen molar-refractivity contribution in [3.8, 4) is 5.75 Å². The molecule has 0 atom stereocenters. The number of benzene rings is 3. The number of hydrogen-bond acceptors (Lipinski definition) is 6. The molecule has 0 aromatic heterocycles. The predicted molar refractivity (Wildman–Crippen MR) is 102 cm³/mol. The summed E-state index contributed by atoms with van der Waals surface area (Å²) < 4.78 is 18.1. The summed E-state index contributed by atoms with van der Waals surface area (Å²) in [7, 11) is 0. The Labute approximate surface area is 159 Å². The summed E-state index contributed by atoms with van der Waals surface area (Å²) in [6.07, 6.45) is 1.55. The average molecular weight is 379 g/mol. The quantitative estimate of drug-likeness (QED) is 0.225. The van der Waals surface area contributed by atoms with E-state index in [0.717, 1.165) is 5.56 Å². The Bertz CT molecular complexity index is 1000. The van der Waals surface area contributed by atoms with Crippen molar-refractivity contribution in [1.82, 2.24) is 0 Å². The van der Waals surface area contributed by atoms with Crippen LogP contribution in [0.15, 0.2) is 77.9 Å². The summed E-state index contributed by atoms with van der Waals surface area (Å²) in [5, 5.41) is 14.7. The van der Waals surface area contributed by atoms with Crippen molar-refractivity contribution in [3.63, 3.8) is 0 Å². The molecule has 3 aromatic rings. The number of esters is 1. The van der Waals surface area contributed by atoms with Gasteiger partial charge in [0.25, 0.3) is 5.69 Å². The molecule has 0 heterocycles. The van der Waals surface area contributed by atoms with Crippen molar-refractivity contribution >= 4 is 23.6 Å². The van der Waals surface area contributed by atoms with Gasteiger partial charge in [-0.3, -0.25) is 15.5 Å². The number of carbonyl (C=O) groups excluding carboxylic acids is 1. The number of nitro groups is 1. The summed E-state index contributed by atoms with van der Waals surface area (Å²) in [5.41, 5.74) is 4.36. The first-order valence-corrected chi connectivity index (χ1v) is 8.12. The maximum atomic E-state index is 12.9.